The third-order valence-electron chi connectivity index (χ3n) is 2.85. The lowest BCUT2D eigenvalue weighted by Crippen LogP contribution is -2.00. The van der Waals surface area contributed by atoms with E-state index in [-0.39, 0.29) is 10.6 Å². The van der Waals surface area contributed by atoms with Gasteiger partial charge >= 0.3 is 0 Å². The number of benzene rings is 1. The lowest BCUT2D eigenvalue weighted by atomic mass is 10.1. The number of halogens is 1. The minimum atomic E-state index is -0.385. The molecule has 0 aliphatic rings. The molecule has 2 rings (SSSR count). The first kappa shape index (κ1) is 14.5. The van der Waals surface area contributed by atoms with E-state index in [0.29, 0.717) is 17.9 Å². The molecule has 0 aliphatic carbocycles. The number of aryl methyl sites for hydroxylation is 2. The van der Waals surface area contributed by atoms with Crippen LogP contribution in [0.2, 0.25) is 0 Å². The van der Waals surface area contributed by atoms with Crippen LogP contribution in [0.15, 0.2) is 35.1 Å². The number of nitro groups is 1. The van der Waals surface area contributed by atoms with E-state index in [9.17, 15) is 10.1 Å². The largest absolute Gasteiger partial charge is 0.489 e. The first-order chi connectivity index (χ1) is 9.47. The normalized spacial score (nSPS) is 10.3. The molecule has 20 heavy (non-hydrogen) atoms. The lowest BCUT2D eigenvalue weighted by molar-refractivity contribution is -0.385. The number of hydrogen-bond donors (Lipinski definition) is 0. The molecule has 0 saturated carbocycles. The summed E-state index contributed by atoms with van der Waals surface area (Å²) in [7, 11) is 0. The smallest absolute Gasteiger partial charge is 0.272 e. The van der Waals surface area contributed by atoms with Gasteiger partial charge in [0, 0.05) is 34.1 Å². The van der Waals surface area contributed by atoms with Gasteiger partial charge in [-0.25, -0.2) is 0 Å². The SMILES string of the molecule is Cc1cc([N+](=O)[O-])c(C)cc1OCc1cncc(Br)c1. The number of hydrogen-bond acceptors (Lipinski definition) is 4. The zero-order valence-corrected chi connectivity index (χ0v) is 12.7. The minimum Gasteiger partial charge on any atom is -0.489 e. The van der Waals surface area contributed by atoms with Crippen LogP contribution in [0.4, 0.5) is 5.69 Å². The van der Waals surface area contributed by atoms with Gasteiger partial charge in [0.2, 0.25) is 0 Å². The van der Waals surface area contributed by atoms with Crippen molar-refractivity contribution in [2.45, 2.75) is 20.5 Å². The van der Waals surface area contributed by atoms with Gasteiger partial charge < -0.3 is 4.74 Å². The number of pyridine rings is 1. The second-order valence-corrected chi connectivity index (χ2v) is 5.38. The molecule has 5 nitrogen and oxygen atoms in total. The topological polar surface area (TPSA) is 65.3 Å². The molecule has 0 bridgehead atoms. The van der Waals surface area contributed by atoms with E-state index in [0.717, 1.165) is 15.6 Å². The van der Waals surface area contributed by atoms with Gasteiger partial charge in [0.05, 0.1) is 4.92 Å². The quantitative estimate of drug-likeness (QED) is 0.626. The van der Waals surface area contributed by atoms with Crippen molar-refractivity contribution >= 4 is 21.6 Å². The summed E-state index contributed by atoms with van der Waals surface area (Å²) < 4.78 is 6.59. The van der Waals surface area contributed by atoms with E-state index in [1.807, 2.05) is 6.07 Å². The summed E-state index contributed by atoms with van der Waals surface area (Å²) in [4.78, 5) is 14.5. The first-order valence-corrected chi connectivity index (χ1v) is 6.74. The van der Waals surface area contributed by atoms with Gasteiger partial charge in [0.15, 0.2) is 0 Å². The number of ether oxygens (including phenoxy) is 1. The van der Waals surface area contributed by atoms with Crippen LogP contribution in [0.3, 0.4) is 0 Å². The van der Waals surface area contributed by atoms with Gasteiger partial charge in [-0.05, 0) is 47.5 Å². The third kappa shape index (κ3) is 3.33. The molecule has 1 aromatic heterocycles. The molecule has 0 radical (unpaired) electrons. The number of nitro benzene ring substituents is 1. The summed E-state index contributed by atoms with van der Waals surface area (Å²) in [5.74, 6) is 0.646. The van der Waals surface area contributed by atoms with Crippen molar-refractivity contribution in [3.63, 3.8) is 0 Å². The predicted molar refractivity (Wildman–Crippen MR) is 78.8 cm³/mol. The van der Waals surface area contributed by atoms with Gasteiger partial charge in [-0.2, -0.15) is 0 Å². The Hall–Kier alpha value is -1.95. The number of rotatable bonds is 4. The molecule has 0 amide bonds. The van der Waals surface area contributed by atoms with Crippen molar-refractivity contribution in [3.8, 4) is 5.75 Å². The van der Waals surface area contributed by atoms with Gasteiger partial charge in [-0.3, -0.25) is 15.1 Å². The van der Waals surface area contributed by atoms with E-state index in [1.165, 1.54) is 6.07 Å². The van der Waals surface area contributed by atoms with Crippen LogP contribution >= 0.6 is 15.9 Å². The van der Waals surface area contributed by atoms with E-state index < -0.39 is 0 Å². The Morgan fingerprint density at radius 2 is 2.00 bits per heavy atom. The summed E-state index contributed by atoms with van der Waals surface area (Å²) in [6.07, 6.45) is 3.42. The van der Waals surface area contributed by atoms with Crippen molar-refractivity contribution in [3.05, 3.63) is 61.9 Å². The van der Waals surface area contributed by atoms with Gasteiger partial charge in [-0.1, -0.05) is 0 Å². The minimum absolute atomic E-state index is 0.110. The molecule has 6 heteroatoms. The average Bonchev–Trinajstić information content (AvgIpc) is 2.39. The van der Waals surface area contributed by atoms with Gasteiger partial charge in [-0.15, -0.1) is 0 Å². The fourth-order valence-corrected chi connectivity index (χ4v) is 2.23. The van der Waals surface area contributed by atoms with Crippen LogP contribution in [0.1, 0.15) is 16.7 Å². The van der Waals surface area contributed by atoms with Crippen molar-refractivity contribution in [1.29, 1.82) is 0 Å². The highest BCUT2D eigenvalue weighted by atomic mass is 79.9. The fraction of sp³-hybridized carbons (Fsp3) is 0.214. The Labute approximate surface area is 124 Å². The summed E-state index contributed by atoms with van der Waals surface area (Å²) in [6, 6.07) is 5.14. The fourth-order valence-electron chi connectivity index (χ4n) is 1.82. The molecular formula is C14H13BrN2O3. The Kier molecular flexibility index (Phi) is 4.34. The lowest BCUT2D eigenvalue weighted by Gasteiger charge is -2.10. The van der Waals surface area contributed by atoms with Crippen LogP contribution in [-0.2, 0) is 6.61 Å². The molecule has 1 heterocycles. The molecule has 0 N–H and O–H groups in total. The molecule has 0 saturated heterocycles. The van der Waals surface area contributed by atoms with Gasteiger partial charge in [0.1, 0.15) is 12.4 Å². The van der Waals surface area contributed by atoms with Gasteiger partial charge in [0.25, 0.3) is 5.69 Å². The summed E-state index contributed by atoms with van der Waals surface area (Å²) in [5, 5.41) is 10.9. The molecule has 2 aromatic rings. The maximum absolute atomic E-state index is 10.9. The van der Waals surface area contributed by atoms with Crippen LogP contribution in [0.25, 0.3) is 0 Å². The zero-order valence-electron chi connectivity index (χ0n) is 11.1. The highest BCUT2D eigenvalue weighted by Gasteiger charge is 2.14. The zero-order chi connectivity index (χ0) is 14.7. The monoisotopic (exact) mass is 336 g/mol. The predicted octanol–water partition coefficient (Wildman–Crippen LogP) is 3.95. The summed E-state index contributed by atoms with van der Waals surface area (Å²) in [5.41, 5.74) is 2.36. The number of aromatic nitrogens is 1. The molecule has 0 fully saturated rings. The third-order valence-corrected chi connectivity index (χ3v) is 3.28. The highest BCUT2D eigenvalue weighted by molar-refractivity contribution is 9.10. The van der Waals surface area contributed by atoms with E-state index >= 15 is 0 Å². The molecule has 0 aliphatic heterocycles. The summed E-state index contributed by atoms with van der Waals surface area (Å²) in [6.45, 7) is 3.86. The first-order valence-electron chi connectivity index (χ1n) is 5.95. The molecule has 0 unspecified atom stereocenters. The van der Waals surface area contributed by atoms with Crippen LogP contribution in [0, 0.1) is 24.0 Å². The Balaban J connectivity index is 2.18. The molecule has 1 aromatic carbocycles. The second kappa shape index (κ2) is 6.00. The summed E-state index contributed by atoms with van der Waals surface area (Å²) >= 11 is 3.35. The highest BCUT2D eigenvalue weighted by Crippen LogP contribution is 2.28. The van der Waals surface area contributed by atoms with Crippen LogP contribution in [-0.4, -0.2) is 9.91 Å². The van der Waals surface area contributed by atoms with Crippen LogP contribution < -0.4 is 4.74 Å². The maximum Gasteiger partial charge on any atom is 0.272 e. The van der Waals surface area contributed by atoms with Crippen molar-refractivity contribution in [1.82, 2.24) is 4.98 Å². The number of nitrogens with zero attached hydrogens (tertiary/aromatic N) is 2. The van der Waals surface area contributed by atoms with Crippen molar-refractivity contribution in [2.24, 2.45) is 0 Å². The van der Waals surface area contributed by atoms with Crippen molar-refractivity contribution in [2.75, 3.05) is 0 Å². The molecule has 0 spiro atoms. The molecular weight excluding hydrogens is 324 g/mol. The molecule has 104 valence electrons. The van der Waals surface area contributed by atoms with Crippen molar-refractivity contribution < 1.29 is 9.66 Å². The van der Waals surface area contributed by atoms with E-state index in [1.54, 1.807) is 32.3 Å². The van der Waals surface area contributed by atoms with E-state index in [2.05, 4.69) is 20.9 Å². The maximum atomic E-state index is 10.9. The second-order valence-electron chi connectivity index (χ2n) is 4.46. The standard InChI is InChI=1S/C14H13BrN2O3/c1-9-4-14(10(2)3-13(9)17(18)19)20-8-11-5-12(15)7-16-6-11/h3-7H,8H2,1-2H3. The Morgan fingerprint density at radius 1 is 1.25 bits per heavy atom. The average molecular weight is 337 g/mol. The Morgan fingerprint density at radius 3 is 2.65 bits per heavy atom. The van der Waals surface area contributed by atoms with E-state index in [4.69, 9.17) is 4.74 Å². The van der Waals surface area contributed by atoms with Crippen LogP contribution in [0.5, 0.6) is 5.75 Å². The Bertz CT molecular complexity index is 659. The molecule has 0 atom stereocenters.